The first-order valence-electron chi connectivity index (χ1n) is 8.06. The molecule has 0 bridgehead atoms. The largest absolute Gasteiger partial charge is 0.538 e. The monoisotopic (exact) mass is 407 g/mol. The molecule has 0 saturated heterocycles. The number of halogens is 2. The van der Waals surface area contributed by atoms with E-state index in [0.717, 1.165) is 11.8 Å². The molecule has 0 aliphatic heterocycles. The van der Waals surface area contributed by atoms with Crippen LogP contribution < -0.4 is 15.1 Å². The molecule has 1 N–H and O–H groups in total. The number of rotatable bonds is 6. The molecule has 0 spiro atoms. The molecule has 27 heavy (non-hydrogen) atoms. The van der Waals surface area contributed by atoms with E-state index in [1.54, 1.807) is 24.3 Å². The smallest absolute Gasteiger partial charge is 0.298 e. The van der Waals surface area contributed by atoms with E-state index in [-0.39, 0.29) is 16.0 Å². The predicted molar refractivity (Wildman–Crippen MR) is 97.5 cm³/mol. The van der Waals surface area contributed by atoms with Gasteiger partial charge in [0.15, 0.2) is 5.95 Å². The molecule has 1 aromatic heterocycles. The van der Waals surface area contributed by atoms with Gasteiger partial charge in [0.25, 0.3) is 5.03 Å². The molecule has 3 rings (SSSR count). The highest BCUT2D eigenvalue weighted by molar-refractivity contribution is 8.00. The van der Waals surface area contributed by atoms with Crippen LogP contribution in [0.2, 0.25) is 5.02 Å². The molecule has 0 aliphatic carbocycles. The average Bonchev–Trinajstić information content (AvgIpc) is 3.03. The molecule has 0 radical (unpaired) electrons. The molecule has 2 aromatic carbocycles. The second kappa shape index (κ2) is 8.41. The number of hydrogen-bond acceptors (Lipinski definition) is 5. The fourth-order valence-corrected chi connectivity index (χ4v) is 3.48. The average molecular weight is 408 g/mol. The molecule has 0 saturated carbocycles. The molecular weight excluding hydrogens is 393 g/mol. The van der Waals surface area contributed by atoms with Crippen LogP contribution in [0.25, 0.3) is 5.69 Å². The van der Waals surface area contributed by atoms with Crippen molar-refractivity contribution in [1.29, 1.82) is 0 Å². The zero-order valence-corrected chi connectivity index (χ0v) is 15.8. The number of amides is 1. The van der Waals surface area contributed by atoms with Gasteiger partial charge in [-0.2, -0.15) is 0 Å². The number of thioether (sulfide) groups is 1. The first-order chi connectivity index (χ1) is 13.0. The van der Waals surface area contributed by atoms with Crippen LogP contribution in [0.4, 0.5) is 10.1 Å². The van der Waals surface area contributed by atoms with Crippen LogP contribution in [0.15, 0.2) is 58.1 Å². The van der Waals surface area contributed by atoms with Gasteiger partial charge in [-0.15, -0.1) is 0 Å². The molecule has 1 unspecified atom stereocenters. The highest BCUT2D eigenvalue weighted by Crippen LogP contribution is 2.30. The first kappa shape index (κ1) is 19.2. The number of hydrogen-bond donors (Lipinski definition) is 1. The summed E-state index contributed by atoms with van der Waals surface area (Å²) in [6.45, 7) is 1.82. The normalized spacial score (nSPS) is 12.0. The minimum atomic E-state index is -0.625. The van der Waals surface area contributed by atoms with Crippen molar-refractivity contribution in [3.8, 4) is 11.6 Å². The Morgan fingerprint density at radius 2 is 2.11 bits per heavy atom. The molecule has 3 aromatic rings. The second-order valence-corrected chi connectivity index (χ2v) is 7.14. The molecule has 0 aliphatic rings. The van der Waals surface area contributed by atoms with E-state index in [0.29, 0.717) is 17.8 Å². The van der Waals surface area contributed by atoms with Gasteiger partial charge in [0.2, 0.25) is 11.6 Å². The Morgan fingerprint density at radius 1 is 1.37 bits per heavy atom. The number of carbonyl (C=O) groups excluding carboxylic acids is 1. The zero-order chi connectivity index (χ0) is 19.4. The van der Waals surface area contributed by atoms with Crippen molar-refractivity contribution >= 4 is 35.0 Å². The quantitative estimate of drug-likeness (QED) is 0.500. The van der Waals surface area contributed by atoms with Crippen LogP contribution in [0.3, 0.4) is 0 Å². The van der Waals surface area contributed by atoms with Crippen LogP contribution in [0, 0.1) is 5.82 Å². The van der Waals surface area contributed by atoms with Crippen molar-refractivity contribution in [2.24, 2.45) is 0 Å². The summed E-state index contributed by atoms with van der Waals surface area (Å²) in [4.78, 5) is 12.6. The Morgan fingerprint density at radius 3 is 2.78 bits per heavy atom. The summed E-state index contributed by atoms with van der Waals surface area (Å²) in [5, 5.41) is 18.0. The van der Waals surface area contributed by atoms with Crippen molar-refractivity contribution in [3.63, 3.8) is 0 Å². The SMILES string of the molecule is CCC(Sc1c([O-])on[n+]1-c1ccccc1)C(=O)Nc1ccc(F)c(Cl)c1. The van der Waals surface area contributed by atoms with Crippen LogP contribution in [0.1, 0.15) is 13.3 Å². The third-order valence-corrected chi connectivity index (χ3v) is 5.36. The lowest BCUT2D eigenvalue weighted by Crippen LogP contribution is -2.36. The first-order valence-corrected chi connectivity index (χ1v) is 9.32. The van der Waals surface area contributed by atoms with Gasteiger partial charge in [-0.05, 0) is 41.1 Å². The lowest BCUT2D eigenvalue weighted by Gasteiger charge is -2.13. The summed E-state index contributed by atoms with van der Waals surface area (Å²) in [6.07, 6.45) is 0.449. The summed E-state index contributed by atoms with van der Waals surface area (Å²) in [6, 6.07) is 12.9. The van der Waals surface area contributed by atoms with Crippen molar-refractivity contribution in [2.75, 3.05) is 5.32 Å². The Hall–Kier alpha value is -2.58. The summed E-state index contributed by atoms with van der Waals surface area (Å²) in [7, 11) is 0. The number of nitrogens with one attached hydrogen (secondary N) is 1. The van der Waals surface area contributed by atoms with Crippen LogP contribution in [-0.2, 0) is 4.79 Å². The van der Waals surface area contributed by atoms with E-state index in [9.17, 15) is 14.3 Å². The van der Waals surface area contributed by atoms with Gasteiger partial charge in [-0.3, -0.25) is 4.79 Å². The van der Waals surface area contributed by atoms with Crippen LogP contribution >= 0.6 is 23.4 Å². The van der Waals surface area contributed by atoms with E-state index in [2.05, 4.69) is 10.6 Å². The van der Waals surface area contributed by atoms with Gasteiger partial charge in [0.05, 0.1) is 15.5 Å². The van der Waals surface area contributed by atoms with Gasteiger partial charge in [-0.1, -0.05) is 36.7 Å². The summed E-state index contributed by atoms with van der Waals surface area (Å²) >= 11 is 6.79. The predicted octanol–water partition coefficient (Wildman–Crippen LogP) is 3.33. The van der Waals surface area contributed by atoms with E-state index in [1.807, 2.05) is 13.0 Å². The van der Waals surface area contributed by atoms with Crippen molar-refractivity contribution in [3.05, 3.63) is 59.4 Å². The fraction of sp³-hybridized carbons (Fsp3) is 0.167. The van der Waals surface area contributed by atoms with Gasteiger partial charge >= 0.3 is 0 Å². The van der Waals surface area contributed by atoms with E-state index < -0.39 is 17.0 Å². The molecule has 1 heterocycles. The van der Waals surface area contributed by atoms with Gasteiger partial charge < -0.3 is 14.9 Å². The molecule has 140 valence electrons. The Kier molecular flexibility index (Phi) is 5.98. The van der Waals surface area contributed by atoms with Gasteiger partial charge in [0, 0.05) is 17.8 Å². The van der Waals surface area contributed by atoms with Crippen LogP contribution in [-0.4, -0.2) is 16.4 Å². The highest BCUT2D eigenvalue weighted by atomic mass is 35.5. The number of para-hydroxylation sites is 1. The van der Waals surface area contributed by atoms with E-state index >= 15 is 0 Å². The highest BCUT2D eigenvalue weighted by Gasteiger charge is 2.28. The van der Waals surface area contributed by atoms with Crippen LogP contribution in [0.5, 0.6) is 5.95 Å². The molecule has 1 amide bonds. The molecule has 1 atom stereocenters. The number of nitrogens with zero attached hydrogens (tertiary/aromatic N) is 2. The lowest BCUT2D eigenvalue weighted by atomic mass is 10.2. The number of carbonyl (C=O) groups is 1. The summed E-state index contributed by atoms with van der Waals surface area (Å²) in [5.74, 6) is -1.54. The van der Waals surface area contributed by atoms with Crippen molar-refractivity contribution in [1.82, 2.24) is 5.27 Å². The van der Waals surface area contributed by atoms with Gasteiger partial charge in [-0.25, -0.2) is 4.39 Å². The maximum absolute atomic E-state index is 13.3. The molecule has 6 nitrogen and oxygen atoms in total. The number of aromatic nitrogens is 2. The zero-order valence-electron chi connectivity index (χ0n) is 14.2. The maximum atomic E-state index is 13.3. The Balaban J connectivity index is 1.80. The third-order valence-electron chi connectivity index (χ3n) is 3.68. The molecule has 9 heteroatoms. The minimum absolute atomic E-state index is 0.0868. The van der Waals surface area contributed by atoms with E-state index in [1.165, 1.54) is 22.9 Å². The van der Waals surface area contributed by atoms with Crippen molar-refractivity contribution < 1.29 is 23.5 Å². The van der Waals surface area contributed by atoms with Crippen molar-refractivity contribution in [2.45, 2.75) is 23.6 Å². The maximum Gasteiger partial charge on any atom is 0.298 e. The van der Waals surface area contributed by atoms with Gasteiger partial charge in [0.1, 0.15) is 5.82 Å². The lowest BCUT2D eigenvalue weighted by molar-refractivity contribution is -0.705. The fourth-order valence-electron chi connectivity index (χ4n) is 2.33. The molecular formula is C18H15ClFN3O3S. The topological polar surface area (TPSA) is 82.1 Å². The summed E-state index contributed by atoms with van der Waals surface area (Å²) < 4.78 is 19.4. The van der Waals surface area contributed by atoms with E-state index in [4.69, 9.17) is 16.1 Å². The number of benzene rings is 2. The summed E-state index contributed by atoms with van der Waals surface area (Å²) in [5.41, 5.74) is 1.01. The minimum Gasteiger partial charge on any atom is -0.538 e. The second-order valence-electron chi connectivity index (χ2n) is 5.55. The Labute approximate surface area is 163 Å². The molecule has 0 fully saturated rings. The number of anilines is 1. The Bertz CT molecular complexity index is 952. The third kappa shape index (κ3) is 4.40. The standard InChI is InChI=1S/C18H15ClFN3O3S/c1-2-15(16(24)21-11-8-9-14(20)13(19)10-11)27-17-18(25)26-22-23(17)12-6-4-3-5-7-12/h3-10,15H,2H2,1H3,(H-,21,22,24,25).